The lowest BCUT2D eigenvalue weighted by atomic mass is 10.2. The number of hydrogen-bond donors (Lipinski definition) is 2. The quantitative estimate of drug-likeness (QED) is 0.740. The lowest BCUT2D eigenvalue weighted by molar-refractivity contribution is 0.707. The summed E-state index contributed by atoms with van der Waals surface area (Å²) in [5, 5.41) is 8.46. The molecule has 0 fully saturated rings. The summed E-state index contributed by atoms with van der Waals surface area (Å²) < 4.78 is 0. The van der Waals surface area contributed by atoms with Crippen LogP contribution < -0.4 is 10.6 Å². The fourth-order valence-electron chi connectivity index (χ4n) is 1.79. The minimum atomic E-state index is 0.556. The van der Waals surface area contributed by atoms with Crippen LogP contribution in [-0.2, 0) is 6.54 Å². The molecule has 0 heterocycles. The van der Waals surface area contributed by atoms with E-state index >= 15 is 0 Å². The Balaban J connectivity index is 1.75. The van der Waals surface area contributed by atoms with Gasteiger partial charge in [-0.3, -0.25) is 0 Å². The maximum Gasteiger partial charge on any atom is 0.0823 e. The Labute approximate surface area is 134 Å². The van der Waals surface area contributed by atoms with Crippen LogP contribution in [0.5, 0.6) is 0 Å². The first kappa shape index (κ1) is 15.5. The minimum Gasteiger partial charge on any atom is -0.383 e. The Morgan fingerprint density at radius 1 is 0.800 bits per heavy atom. The molecule has 2 nitrogen and oxygen atoms in total. The third kappa shape index (κ3) is 4.29. The molecule has 0 aliphatic carbocycles. The SMILES string of the molecule is Clc1ccccc1CNCCNc1cccc(Cl)c1Cl. The molecule has 0 amide bonds. The van der Waals surface area contributed by atoms with Crippen molar-refractivity contribution >= 4 is 40.5 Å². The number of hydrogen-bond acceptors (Lipinski definition) is 2. The van der Waals surface area contributed by atoms with Crippen LogP contribution >= 0.6 is 34.8 Å². The van der Waals surface area contributed by atoms with Gasteiger partial charge in [-0.05, 0) is 23.8 Å². The van der Waals surface area contributed by atoms with Crippen molar-refractivity contribution in [1.29, 1.82) is 0 Å². The second kappa shape index (κ2) is 7.75. The van der Waals surface area contributed by atoms with Crippen molar-refractivity contribution < 1.29 is 0 Å². The molecule has 0 radical (unpaired) electrons. The van der Waals surface area contributed by atoms with Crippen LogP contribution in [0, 0.1) is 0 Å². The molecule has 2 aromatic rings. The normalized spacial score (nSPS) is 10.6. The van der Waals surface area contributed by atoms with E-state index in [0.29, 0.717) is 10.0 Å². The second-order valence-corrected chi connectivity index (χ2v) is 5.49. The van der Waals surface area contributed by atoms with E-state index in [9.17, 15) is 0 Å². The van der Waals surface area contributed by atoms with E-state index < -0.39 is 0 Å². The van der Waals surface area contributed by atoms with E-state index in [0.717, 1.165) is 35.9 Å². The van der Waals surface area contributed by atoms with Gasteiger partial charge in [-0.25, -0.2) is 0 Å². The molecule has 0 aromatic heterocycles. The highest BCUT2D eigenvalue weighted by Crippen LogP contribution is 2.29. The maximum absolute atomic E-state index is 6.09. The highest BCUT2D eigenvalue weighted by Gasteiger charge is 2.03. The van der Waals surface area contributed by atoms with Crippen LogP contribution in [0.1, 0.15) is 5.56 Å². The zero-order valence-electron chi connectivity index (χ0n) is 10.8. The Kier molecular flexibility index (Phi) is 5.99. The monoisotopic (exact) mass is 328 g/mol. The largest absolute Gasteiger partial charge is 0.383 e. The van der Waals surface area contributed by atoms with Gasteiger partial charge >= 0.3 is 0 Å². The van der Waals surface area contributed by atoms with E-state index in [1.54, 1.807) is 6.07 Å². The predicted molar refractivity (Wildman–Crippen MR) is 88.1 cm³/mol. The Bertz CT molecular complexity index is 573. The zero-order valence-corrected chi connectivity index (χ0v) is 13.1. The third-order valence-corrected chi connectivity index (χ3v) is 4.03. The topological polar surface area (TPSA) is 24.1 Å². The molecule has 106 valence electrons. The van der Waals surface area contributed by atoms with Crippen molar-refractivity contribution in [2.75, 3.05) is 18.4 Å². The van der Waals surface area contributed by atoms with Crippen LogP contribution in [0.4, 0.5) is 5.69 Å². The lowest BCUT2D eigenvalue weighted by Crippen LogP contribution is -2.22. The summed E-state index contributed by atoms with van der Waals surface area (Å²) in [7, 11) is 0. The summed E-state index contributed by atoms with van der Waals surface area (Å²) in [5.74, 6) is 0. The summed E-state index contributed by atoms with van der Waals surface area (Å²) in [6, 6.07) is 13.3. The molecule has 0 saturated heterocycles. The van der Waals surface area contributed by atoms with Gasteiger partial charge in [0.15, 0.2) is 0 Å². The Morgan fingerprint density at radius 2 is 1.55 bits per heavy atom. The van der Waals surface area contributed by atoms with Crippen molar-refractivity contribution in [3.8, 4) is 0 Å². The summed E-state index contributed by atoms with van der Waals surface area (Å²) in [6.45, 7) is 2.29. The zero-order chi connectivity index (χ0) is 14.4. The van der Waals surface area contributed by atoms with Gasteiger partial charge in [0.05, 0.1) is 15.7 Å². The van der Waals surface area contributed by atoms with Crippen molar-refractivity contribution in [2.45, 2.75) is 6.54 Å². The van der Waals surface area contributed by atoms with Crippen molar-refractivity contribution in [1.82, 2.24) is 5.32 Å². The molecular formula is C15H15Cl3N2. The lowest BCUT2D eigenvalue weighted by Gasteiger charge is -2.10. The summed E-state index contributed by atoms with van der Waals surface area (Å²) in [5.41, 5.74) is 1.94. The predicted octanol–water partition coefficient (Wildman–Crippen LogP) is 4.85. The van der Waals surface area contributed by atoms with E-state index in [2.05, 4.69) is 10.6 Å². The Hall–Kier alpha value is -0.930. The first-order valence-corrected chi connectivity index (χ1v) is 7.44. The van der Waals surface area contributed by atoms with Crippen molar-refractivity contribution in [3.05, 3.63) is 63.1 Å². The molecule has 0 spiro atoms. The molecule has 2 N–H and O–H groups in total. The molecule has 0 aliphatic rings. The number of halogens is 3. The molecule has 2 rings (SSSR count). The number of anilines is 1. The van der Waals surface area contributed by atoms with Gasteiger partial charge in [0.2, 0.25) is 0 Å². The van der Waals surface area contributed by atoms with Crippen molar-refractivity contribution in [3.63, 3.8) is 0 Å². The minimum absolute atomic E-state index is 0.556. The first-order chi connectivity index (χ1) is 9.68. The molecule has 0 saturated carbocycles. The number of rotatable bonds is 6. The van der Waals surface area contributed by atoms with Crippen LogP contribution in [0.25, 0.3) is 0 Å². The standard InChI is InChI=1S/C15H15Cl3N2/c16-12-5-2-1-4-11(12)10-19-8-9-20-14-7-3-6-13(17)15(14)18/h1-7,19-20H,8-10H2. The second-order valence-electron chi connectivity index (χ2n) is 4.30. The van der Waals surface area contributed by atoms with Gasteiger partial charge in [-0.15, -0.1) is 0 Å². The molecule has 0 bridgehead atoms. The van der Waals surface area contributed by atoms with Crippen LogP contribution in [-0.4, -0.2) is 13.1 Å². The number of benzene rings is 2. The van der Waals surface area contributed by atoms with Crippen molar-refractivity contribution in [2.24, 2.45) is 0 Å². The van der Waals surface area contributed by atoms with E-state index in [1.165, 1.54) is 0 Å². The van der Waals surface area contributed by atoms with Gasteiger partial charge in [0, 0.05) is 24.7 Å². The average Bonchev–Trinajstić information content (AvgIpc) is 2.45. The van der Waals surface area contributed by atoms with Gasteiger partial charge in [-0.1, -0.05) is 59.1 Å². The number of nitrogens with one attached hydrogen (secondary N) is 2. The fourth-order valence-corrected chi connectivity index (χ4v) is 2.36. The van der Waals surface area contributed by atoms with E-state index in [4.69, 9.17) is 34.8 Å². The molecule has 2 aromatic carbocycles. The summed E-state index contributed by atoms with van der Waals surface area (Å²) in [6.07, 6.45) is 0. The molecule has 0 atom stereocenters. The highest BCUT2D eigenvalue weighted by molar-refractivity contribution is 6.43. The molecule has 0 aliphatic heterocycles. The summed E-state index contributed by atoms with van der Waals surface area (Å²) >= 11 is 18.1. The molecule has 5 heteroatoms. The smallest absolute Gasteiger partial charge is 0.0823 e. The van der Waals surface area contributed by atoms with Gasteiger partial charge in [0.25, 0.3) is 0 Å². The average molecular weight is 330 g/mol. The third-order valence-electron chi connectivity index (χ3n) is 2.84. The molecular weight excluding hydrogens is 315 g/mol. The van der Waals surface area contributed by atoms with E-state index in [1.807, 2.05) is 36.4 Å². The maximum atomic E-state index is 6.09. The Morgan fingerprint density at radius 3 is 2.35 bits per heavy atom. The molecule has 0 unspecified atom stereocenters. The van der Waals surface area contributed by atoms with Gasteiger partial charge in [-0.2, -0.15) is 0 Å². The van der Waals surface area contributed by atoms with Gasteiger partial charge < -0.3 is 10.6 Å². The summed E-state index contributed by atoms with van der Waals surface area (Å²) in [4.78, 5) is 0. The van der Waals surface area contributed by atoms with Crippen LogP contribution in [0.3, 0.4) is 0 Å². The fraction of sp³-hybridized carbons (Fsp3) is 0.200. The van der Waals surface area contributed by atoms with E-state index in [-0.39, 0.29) is 0 Å². The highest BCUT2D eigenvalue weighted by atomic mass is 35.5. The molecule has 20 heavy (non-hydrogen) atoms. The van der Waals surface area contributed by atoms with Crippen LogP contribution in [0.2, 0.25) is 15.1 Å². The van der Waals surface area contributed by atoms with Gasteiger partial charge in [0.1, 0.15) is 0 Å². The first-order valence-electron chi connectivity index (χ1n) is 6.30. The van der Waals surface area contributed by atoms with Crippen LogP contribution in [0.15, 0.2) is 42.5 Å².